The summed E-state index contributed by atoms with van der Waals surface area (Å²) in [5.74, 6) is 3.21. The molecule has 2 fully saturated rings. The number of carboxylic acids is 1. The summed E-state index contributed by atoms with van der Waals surface area (Å²) in [7, 11) is 0. The second-order valence-electron chi connectivity index (χ2n) is 7.64. The van der Waals surface area contributed by atoms with E-state index < -0.39 is 5.97 Å². The number of hydrogen-bond donors (Lipinski definition) is 1. The average Bonchev–Trinajstić information content (AvgIpc) is 2.49. The standard InChI is InChI=1S/C19H34O2/c1-2-4-15-7-11-17(12-8-15)18-13-9-16(10-14-18)5-3-6-19(20)21/h15-18H,2-14H2,1H3,(H,20,21)/t15-,16?,17-,18?. The fourth-order valence-electron chi connectivity index (χ4n) is 4.85. The van der Waals surface area contributed by atoms with Crippen LogP contribution >= 0.6 is 0 Å². The lowest BCUT2D eigenvalue weighted by Gasteiger charge is -2.38. The summed E-state index contributed by atoms with van der Waals surface area (Å²) in [5.41, 5.74) is 0. The van der Waals surface area contributed by atoms with Crippen molar-refractivity contribution in [1.29, 1.82) is 0 Å². The molecule has 2 saturated carbocycles. The third-order valence-corrected chi connectivity index (χ3v) is 6.15. The largest absolute Gasteiger partial charge is 0.481 e. The number of carboxylic acid groups (broad SMARTS) is 1. The van der Waals surface area contributed by atoms with Crippen LogP contribution in [0.15, 0.2) is 0 Å². The van der Waals surface area contributed by atoms with Crippen molar-refractivity contribution in [2.45, 2.75) is 90.4 Å². The molecule has 0 amide bonds. The van der Waals surface area contributed by atoms with E-state index in [0.29, 0.717) is 6.42 Å². The van der Waals surface area contributed by atoms with E-state index in [2.05, 4.69) is 6.92 Å². The maximum atomic E-state index is 10.6. The van der Waals surface area contributed by atoms with Gasteiger partial charge in [0.05, 0.1) is 0 Å². The molecule has 1 N–H and O–H groups in total. The Kier molecular flexibility index (Phi) is 7.06. The van der Waals surface area contributed by atoms with Crippen LogP contribution in [0, 0.1) is 23.7 Å². The second-order valence-corrected chi connectivity index (χ2v) is 7.64. The maximum absolute atomic E-state index is 10.6. The molecule has 0 aromatic rings. The highest BCUT2D eigenvalue weighted by Crippen LogP contribution is 2.42. The highest BCUT2D eigenvalue weighted by Gasteiger charge is 2.30. The van der Waals surface area contributed by atoms with Crippen molar-refractivity contribution < 1.29 is 9.90 Å². The lowest BCUT2D eigenvalue weighted by Crippen LogP contribution is -2.25. The maximum Gasteiger partial charge on any atom is 0.303 e. The molecule has 2 heteroatoms. The van der Waals surface area contributed by atoms with Gasteiger partial charge in [0.1, 0.15) is 0 Å². The smallest absolute Gasteiger partial charge is 0.303 e. The number of aliphatic carboxylic acids is 1. The van der Waals surface area contributed by atoms with Gasteiger partial charge in [0.2, 0.25) is 0 Å². The van der Waals surface area contributed by atoms with Crippen molar-refractivity contribution in [3.63, 3.8) is 0 Å². The van der Waals surface area contributed by atoms with Crippen LogP contribution in [0.1, 0.15) is 90.4 Å². The van der Waals surface area contributed by atoms with Gasteiger partial charge in [0.25, 0.3) is 0 Å². The van der Waals surface area contributed by atoms with Crippen LogP contribution in [0.25, 0.3) is 0 Å². The van der Waals surface area contributed by atoms with Crippen LogP contribution in [0.4, 0.5) is 0 Å². The molecule has 0 saturated heterocycles. The number of hydrogen-bond acceptors (Lipinski definition) is 1. The third-order valence-electron chi connectivity index (χ3n) is 6.15. The molecule has 0 spiro atoms. The molecule has 0 radical (unpaired) electrons. The molecule has 0 unspecified atom stereocenters. The average molecular weight is 294 g/mol. The molecule has 122 valence electrons. The van der Waals surface area contributed by atoms with E-state index in [0.717, 1.165) is 36.5 Å². The normalized spacial score (nSPS) is 33.8. The van der Waals surface area contributed by atoms with E-state index >= 15 is 0 Å². The van der Waals surface area contributed by atoms with Crippen molar-refractivity contribution in [3.05, 3.63) is 0 Å². The Bertz CT molecular complexity index is 297. The quantitative estimate of drug-likeness (QED) is 0.658. The molecule has 2 rings (SSSR count). The second kappa shape index (κ2) is 8.80. The van der Waals surface area contributed by atoms with Crippen molar-refractivity contribution in [2.24, 2.45) is 23.7 Å². The Balaban J connectivity index is 1.62. The molecular formula is C19H34O2. The minimum absolute atomic E-state index is 0.362. The van der Waals surface area contributed by atoms with Crippen LogP contribution < -0.4 is 0 Å². The minimum atomic E-state index is -0.632. The summed E-state index contributed by atoms with van der Waals surface area (Å²) in [4.78, 5) is 10.6. The van der Waals surface area contributed by atoms with Crippen LogP contribution in [-0.2, 0) is 4.79 Å². The molecule has 2 aliphatic carbocycles. The Hall–Kier alpha value is -0.530. The number of rotatable bonds is 7. The summed E-state index contributed by atoms with van der Waals surface area (Å²) in [6.07, 6.45) is 16.7. The van der Waals surface area contributed by atoms with Gasteiger partial charge in [-0.3, -0.25) is 4.79 Å². The van der Waals surface area contributed by atoms with Gasteiger partial charge in [-0.05, 0) is 62.2 Å². The zero-order chi connectivity index (χ0) is 15.1. The third kappa shape index (κ3) is 5.64. The molecule has 0 aliphatic heterocycles. The molecule has 0 aromatic heterocycles. The van der Waals surface area contributed by atoms with E-state index in [4.69, 9.17) is 5.11 Å². The fourth-order valence-corrected chi connectivity index (χ4v) is 4.85. The predicted octanol–water partition coefficient (Wildman–Crippen LogP) is 5.65. The fraction of sp³-hybridized carbons (Fsp3) is 0.947. The molecule has 0 heterocycles. The Morgan fingerprint density at radius 2 is 1.33 bits per heavy atom. The van der Waals surface area contributed by atoms with Crippen molar-refractivity contribution in [3.8, 4) is 0 Å². The highest BCUT2D eigenvalue weighted by molar-refractivity contribution is 5.66. The summed E-state index contributed by atoms with van der Waals surface area (Å²) in [6.45, 7) is 2.32. The van der Waals surface area contributed by atoms with Gasteiger partial charge < -0.3 is 5.11 Å². The summed E-state index contributed by atoms with van der Waals surface area (Å²) in [5, 5.41) is 8.71. The van der Waals surface area contributed by atoms with Gasteiger partial charge in [-0.25, -0.2) is 0 Å². The molecule has 21 heavy (non-hydrogen) atoms. The van der Waals surface area contributed by atoms with E-state index in [1.807, 2.05) is 0 Å². The SMILES string of the molecule is CCC[C@H]1CC[C@H](C2CCC(CCCC(=O)O)CC2)CC1. The first kappa shape index (κ1) is 16.8. The first-order valence-electron chi connectivity index (χ1n) is 9.40. The first-order valence-corrected chi connectivity index (χ1v) is 9.40. The lowest BCUT2D eigenvalue weighted by molar-refractivity contribution is -0.137. The summed E-state index contributed by atoms with van der Waals surface area (Å²) in [6, 6.07) is 0. The highest BCUT2D eigenvalue weighted by atomic mass is 16.4. The molecular weight excluding hydrogens is 260 g/mol. The predicted molar refractivity (Wildman–Crippen MR) is 87.3 cm³/mol. The van der Waals surface area contributed by atoms with Gasteiger partial charge in [-0.15, -0.1) is 0 Å². The Labute approximate surface area is 130 Å². The van der Waals surface area contributed by atoms with Crippen molar-refractivity contribution in [1.82, 2.24) is 0 Å². The molecule has 0 atom stereocenters. The van der Waals surface area contributed by atoms with Crippen LogP contribution in [0.3, 0.4) is 0 Å². The van der Waals surface area contributed by atoms with Crippen LogP contribution in [0.2, 0.25) is 0 Å². The van der Waals surface area contributed by atoms with Gasteiger partial charge in [0, 0.05) is 6.42 Å². The van der Waals surface area contributed by atoms with E-state index in [9.17, 15) is 4.79 Å². The zero-order valence-corrected chi connectivity index (χ0v) is 13.9. The van der Waals surface area contributed by atoms with Crippen LogP contribution in [0.5, 0.6) is 0 Å². The van der Waals surface area contributed by atoms with Gasteiger partial charge in [-0.1, -0.05) is 45.4 Å². The van der Waals surface area contributed by atoms with Crippen LogP contribution in [-0.4, -0.2) is 11.1 Å². The monoisotopic (exact) mass is 294 g/mol. The Morgan fingerprint density at radius 3 is 1.76 bits per heavy atom. The first-order chi connectivity index (χ1) is 10.2. The van der Waals surface area contributed by atoms with E-state index in [-0.39, 0.29) is 0 Å². The molecule has 2 aliphatic rings. The topological polar surface area (TPSA) is 37.3 Å². The molecule has 0 bridgehead atoms. The van der Waals surface area contributed by atoms with E-state index in [1.54, 1.807) is 0 Å². The summed E-state index contributed by atoms with van der Waals surface area (Å²) < 4.78 is 0. The van der Waals surface area contributed by atoms with E-state index in [1.165, 1.54) is 64.2 Å². The van der Waals surface area contributed by atoms with Gasteiger partial charge in [-0.2, -0.15) is 0 Å². The van der Waals surface area contributed by atoms with Gasteiger partial charge >= 0.3 is 5.97 Å². The minimum Gasteiger partial charge on any atom is -0.481 e. The van der Waals surface area contributed by atoms with Crippen molar-refractivity contribution >= 4 is 5.97 Å². The number of carbonyl (C=O) groups is 1. The van der Waals surface area contributed by atoms with Gasteiger partial charge in [0.15, 0.2) is 0 Å². The Morgan fingerprint density at radius 1 is 0.857 bits per heavy atom. The molecule has 0 aromatic carbocycles. The molecule has 2 nitrogen and oxygen atoms in total. The summed E-state index contributed by atoms with van der Waals surface area (Å²) >= 11 is 0. The zero-order valence-electron chi connectivity index (χ0n) is 13.9. The lowest BCUT2D eigenvalue weighted by atomic mass is 9.68. The van der Waals surface area contributed by atoms with Crippen molar-refractivity contribution in [2.75, 3.05) is 0 Å².